The van der Waals surface area contributed by atoms with Gasteiger partial charge in [-0.05, 0) is 44.6 Å². The summed E-state index contributed by atoms with van der Waals surface area (Å²) in [4.78, 5) is 0. The zero-order valence-electron chi connectivity index (χ0n) is 10.7. The molecule has 0 saturated heterocycles. The Hall–Kier alpha value is -0.123. The van der Waals surface area contributed by atoms with E-state index in [1.165, 1.54) is 12.8 Å². The van der Waals surface area contributed by atoms with Gasteiger partial charge in [-0.15, -0.1) is 0 Å². The molecule has 0 spiro atoms. The molecule has 2 aliphatic rings. The van der Waals surface area contributed by atoms with Crippen LogP contribution in [0.25, 0.3) is 0 Å². The van der Waals surface area contributed by atoms with E-state index < -0.39 is 0 Å². The molecule has 3 unspecified atom stereocenters. The van der Waals surface area contributed by atoms with E-state index in [0.717, 1.165) is 35.4 Å². The summed E-state index contributed by atoms with van der Waals surface area (Å²) in [6, 6.07) is 1.09. The lowest BCUT2D eigenvalue weighted by molar-refractivity contribution is -0.255. The lowest BCUT2D eigenvalue weighted by Crippen LogP contribution is -2.45. The third kappa shape index (κ3) is 2.00. The molecule has 1 fully saturated rings. The molecule has 0 aliphatic heterocycles. The van der Waals surface area contributed by atoms with E-state index in [4.69, 9.17) is 9.47 Å². The third-order valence-electron chi connectivity index (χ3n) is 4.11. The van der Waals surface area contributed by atoms with Crippen LogP contribution in [0.4, 0.5) is 0 Å². The van der Waals surface area contributed by atoms with E-state index in [0.29, 0.717) is 11.8 Å². The topological polar surface area (TPSA) is 18.5 Å². The molecule has 1 saturated carbocycles. The van der Waals surface area contributed by atoms with Crippen molar-refractivity contribution < 1.29 is 9.47 Å². The molecule has 2 bridgehead atoms. The number of hydrogen-bond acceptors (Lipinski definition) is 2. The fraction of sp³-hybridized carbons (Fsp3) is 0.846. The summed E-state index contributed by atoms with van der Waals surface area (Å²) in [5.74, 6) is 1.83. The first-order valence-electron chi connectivity index (χ1n) is 6.72. The summed E-state index contributed by atoms with van der Waals surface area (Å²) < 4.78 is 12.1. The molecule has 0 aromatic carbocycles. The maximum atomic E-state index is 6.03. The zero-order chi connectivity index (χ0) is 11.6. The molecule has 3 heteroatoms. The average molecular weight is 240 g/mol. The summed E-state index contributed by atoms with van der Waals surface area (Å²) in [7, 11) is 1.14. The van der Waals surface area contributed by atoms with Gasteiger partial charge < -0.3 is 9.47 Å². The summed E-state index contributed by atoms with van der Waals surface area (Å²) in [6.07, 6.45) is 7.37. The van der Waals surface area contributed by atoms with Gasteiger partial charge in [-0.3, -0.25) is 0 Å². The van der Waals surface area contributed by atoms with Crippen LogP contribution in [0.1, 0.15) is 26.7 Å². The Bertz CT molecular complexity index is 259. The van der Waals surface area contributed by atoms with Crippen molar-refractivity contribution in [2.75, 3.05) is 13.2 Å². The Morgan fingerprint density at radius 1 is 1.19 bits per heavy atom. The van der Waals surface area contributed by atoms with E-state index in [1.807, 2.05) is 0 Å². The number of fused-ring (bicyclic) bond motifs is 2. The van der Waals surface area contributed by atoms with Gasteiger partial charge in [0.15, 0.2) is 5.79 Å². The maximum absolute atomic E-state index is 6.03. The largest absolute Gasteiger partial charge is 0.350 e. The van der Waals surface area contributed by atoms with Crippen molar-refractivity contribution in [2.45, 2.75) is 38.5 Å². The van der Waals surface area contributed by atoms with Crippen LogP contribution < -0.4 is 0 Å². The Balaban J connectivity index is 2.14. The van der Waals surface area contributed by atoms with Crippen molar-refractivity contribution in [3.8, 4) is 0 Å². The van der Waals surface area contributed by atoms with Crippen LogP contribution in [0.3, 0.4) is 0 Å². The lowest BCUT2D eigenvalue weighted by Gasteiger charge is -2.40. The molecule has 0 aromatic rings. The molecule has 0 N–H and O–H groups in total. The van der Waals surface area contributed by atoms with Crippen LogP contribution in [0.5, 0.6) is 0 Å². The van der Waals surface area contributed by atoms with Gasteiger partial charge in [0, 0.05) is 29.4 Å². The standard InChI is InChI=1S/C13H24O2Si/c1-3-14-13(9-16,15-4-2)12-8-10-5-6-11(12)7-10/h5-6,10-12H,3-4,7-9H2,1-2,16H3. The molecule has 3 atom stereocenters. The van der Waals surface area contributed by atoms with Crippen LogP contribution in [-0.2, 0) is 9.47 Å². The van der Waals surface area contributed by atoms with Gasteiger partial charge in [-0.2, -0.15) is 0 Å². The second-order valence-corrected chi connectivity index (χ2v) is 5.63. The van der Waals surface area contributed by atoms with E-state index in [2.05, 4.69) is 26.0 Å². The van der Waals surface area contributed by atoms with Gasteiger partial charge in [-0.25, -0.2) is 0 Å². The second kappa shape index (κ2) is 5.03. The highest BCUT2D eigenvalue weighted by molar-refractivity contribution is 6.09. The minimum Gasteiger partial charge on any atom is -0.350 e. The lowest BCUT2D eigenvalue weighted by atomic mass is 9.86. The Labute approximate surface area is 102 Å². The molecule has 16 heavy (non-hydrogen) atoms. The van der Waals surface area contributed by atoms with Crippen molar-refractivity contribution in [3.05, 3.63) is 12.2 Å². The van der Waals surface area contributed by atoms with Crippen molar-refractivity contribution in [1.29, 1.82) is 0 Å². The van der Waals surface area contributed by atoms with E-state index in [-0.39, 0.29) is 5.79 Å². The first-order valence-corrected chi connectivity index (χ1v) is 8.13. The monoisotopic (exact) mass is 240 g/mol. The number of rotatable bonds is 6. The zero-order valence-corrected chi connectivity index (χ0v) is 12.7. The molecule has 0 amide bonds. The van der Waals surface area contributed by atoms with Gasteiger partial charge >= 0.3 is 0 Å². The Morgan fingerprint density at radius 2 is 1.88 bits per heavy atom. The van der Waals surface area contributed by atoms with E-state index >= 15 is 0 Å². The van der Waals surface area contributed by atoms with Crippen LogP contribution in [0, 0.1) is 17.8 Å². The SMILES string of the molecule is CCOC(C[SiH3])(OCC)C1CC2C=CC1C2. The number of ether oxygens (including phenoxy) is 2. The molecule has 2 aliphatic carbocycles. The van der Waals surface area contributed by atoms with Crippen molar-refractivity contribution in [1.82, 2.24) is 0 Å². The highest BCUT2D eigenvalue weighted by Crippen LogP contribution is 2.50. The summed E-state index contributed by atoms with van der Waals surface area (Å²) in [6.45, 7) is 5.68. The molecule has 0 heterocycles. The van der Waals surface area contributed by atoms with Gasteiger partial charge in [0.05, 0.1) is 0 Å². The molecular formula is C13H24O2Si. The predicted molar refractivity (Wildman–Crippen MR) is 69.6 cm³/mol. The average Bonchev–Trinajstić information content (AvgIpc) is 2.90. The van der Waals surface area contributed by atoms with Crippen molar-refractivity contribution in [2.24, 2.45) is 17.8 Å². The quantitative estimate of drug-likeness (QED) is 0.400. The van der Waals surface area contributed by atoms with Crippen LogP contribution in [-0.4, -0.2) is 29.2 Å². The predicted octanol–water partition coefficient (Wildman–Crippen LogP) is 1.75. The highest BCUT2D eigenvalue weighted by Gasteiger charge is 2.49. The van der Waals surface area contributed by atoms with Crippen LogP contribution in [0.2, 0.25) is 6.04 Å². The van der Waals surface area contributed by atoms with E-state index in [9.17, 15) is 0 Å². The molecule has 0 aromatic heterocycles. The molecule has 0 radical (unpaired) electrons. The van der Waals surface area contributed by atoms with Crippen LogP contribution in [0.15, 0.2) is 12.2 Å². The number of hydrogen-bond donors (Lipinski definition) is 0. The summed E-state index contributed by atoms with van der Waals surface area (Å²) >= 11 is 0. The van der Waals surface area contributed by atoms with Gasteiger partial charge in [0.25, 0.3) is 0 Å². The maximum Gasteiger partial charge on any atom is 0.168 e. The highest BCUT2D eigenvalue weighted by atomic mass is 28.1. The minimum absolute atomic E-state index is 0.264. The number of allylic oxidation sites excluding steroid dienone is 2. The molecule has 92 valence electrons. The van der Waals surface area contributed by atoms with Crippen LogP contribution >= 0.6 is 0 Å². The van der Waals surface area contributed by atoms with Crippen molar-refractivity contribution in [3.63, 3.8) is 0 Å². The van der Waals surface area contributed by atoms with Gasteiger partial charge in [0.1, 0.15) is 0 Å². The molecular weight excluding hydrogens is 216 g/mol. The third-order valence-corrected chi connectivity index (χ3v) is 5.10. The Kier molecular flexibility index (Phi) is 3.87. The first kappa shape index (κ1) is 12.3. The second-order valence-electron chi connectivity index (χ2n) is 4.92. The minimum atomic E-state index is -0.264. The van der Waals surface area contributed by atoms with Gasteiger partial charge in [0.2, 0.25) is 0 Å². The fourth-order valence-corrected chi connectivity index (χ4v) is 4.43. The Morgan fingerprint density at radius 3 is 2.25 bits per heavy atom. The molecule has 2 rings (SSSR count). The van der Waals surface area contributed by atoms with Crippen molar-refractivity contribution >= 4 is 10.2 Å². The summed E-state index contributed by atoms with van der Waals surface area (Å²) in [5, 5.41) is 0. The molecule has 2 nitrogen and oxygen atoms in total. The summed E-state index contributed by atoms with van der Waals surface area (Å²) in [5.41, 5.74) is 0. The smallest absolute Gasteiger partial charge is 0.168 e. The van der Waals surface area contributed by atoms with Gasteiger partial charge in [-0.1, -0.05) is 12.2 Å². The first-order chi connectivity index (χ1) is 7.75. The van der Waals surface area contributed by atoms with E-state index in [1.54, 1.807) is 0 Å². The normalized spacial score (nSPS) is 32.8. The fourth-order valence-electron chi connectivity index (χ4n) is 3.50.